The number of furan rings is 1. The molecule has 1 aliphatic rings. The van der Waals surface area contributed by atoms with Crippen LogP contribution in [0.2, 0.25) is 0 Å². The lowest BCUT2D eigenvalue weighted by Crippen LogP contribution is -2.33. The molecule has 5 rings (SSSR count). The molecule has 168 valence electrons. The van der Waals surface area contributed by atoms with E-state index >= 15 is 0 Å². The molecule has 1 N–H and O–H groups in total. The number of H-pyrrole nitrogens is 1. The number of piperidine rings is 1. The summed E-state index contributed by atoms with van der Waals surface area (Å²) in [7, 11) is 0. The molecule has 6 heteroatoms. The molecule has 4 aromatic rings. The van der Waals surface area contributed by atoms with Crippen molar-refractivity contribution in [3.8, 4) is 17.1 Å². The molecule has 0 amide bonds. The second-order valence-electron chi connectivity index (χ2n) is 8.34. The van der Waals surface area contributed by atoms with Crippen molar-refractivity contribution >= 4 is 28.6 Å². The topological polar surface area (TPSA) is 66.6 Å². The molecule has 0 atom stereocenters. The number of nitrogens with zero attached hydrogens (tertiary/aromatic N) is 3. The highest BCUT2D eigenvalue weighted by atomic mass is 16.5. The number of nitrogens with one attached hydrogen (secondary N) is 1. The van der Waals surface area contributed by atoms with Gasteiger partial charge in [0.25, 0.3) is 0 Å². The molecule has 0 aliphatic carbocycles. The van der Waals surface area contributed by atoms with Crippen molar-refractivity contribution < 1.29 is 9.15 Å². The Morgan fingerprint density at radius 3 is 2.76 bits per heavy atom. The number of likely N-dealkylation sites (tertiary alicyclic amines) is 1. The van der Waals surface area contributed by atoms with E-state index in [1.165, 1.54) is 32.4 Å². The molecule has 33 heavy (non-hydrogen) atoms. The third-order valence-corrected chi connectivity index (χ3v) is 6.01. The zero-order valence-corrected chi connectivity index (χ0v) is 18.7. The molecule has 2 aromatic heterocycles. The number of aromatic nitrogens is 2. The second-order valence-corrected chi connectivity index (χ2v) is 8.34. The van der Waals surface area contributed by atoms with Gasteiger partial charge in [0.05, 0.1) is 11.8 Å². The SMILES string of the molecule is C=C(C=Nc1[nH]ncc1-c1cc2ccccc2o1)c1ccc(OCCN2CCCCC2)cc1. The maximum atomic E-state index is 5.96. The minimum atomic E-state index is 0.632. The number of rotatable bonds is 8. The number of hydrogen-bond acceptors (Lipinski definition) is 5. The van der Waals surface area contributed by atoms with Gasteiger partial charge in [0.2, 0.25) is 0 Å². The molecular weight excluding hydrogens is 412 g/mol. The number of allylic oxidation sites excluding steroid dienone is 1. The summed E-state index contributed by atoms with van der Waals surface area (Å²) in [5, 5.41) is 8.13. The molecule has 1 saturated heterocycles. The van der Waals surface area contributed by atoms with Crippen LogP contribution in [0.15, 0.2) is 76.8 Å². The zero-order chi connectivity index (χ0) is 22.5. The van der Waals surface area contributed by atoms with Gasteiger partial charge < -0.3 is 9.15 Å². The number of aromatic amines is 1. The van der Waals surface area contributed by atoms with Crippen molar-refractivity contribution in [1.29, 1.82) is 0 Å². The fourth-order valence-electron chi connectivity index (χ4n) is 4.13. The van der Waals surface area contributed by atoms with E-state index < -0.39 is 0 Å². The normalized spacial score (nSPS) is 14.8. The van der Waals surface area contributed by atoms with Crippen LogP contribution in [0.4, 0.5) is 5.82 Å². The van der Waals surface area contributed by atoms with Crippen LogP contribution in [0.1, 0.15) is 24.8 Å². The van der Waals surface area contributed by atoms with Crippen molar-refractivity contribution in [3.63, 3.8) is 0 Å². The summed E-state index contributed by atoms with van der Waals surface area (Å²) in [6, 6.07) is 17.9. The van der Waals surface area contributed by atoms with Crippen LogP contribution in [-0.4, -0.2) is 47.6 Å². The van der Waals surface area contributed by atoms with Gasteiger partial charge in [-0.25, -0.2) is 4.99 Å². The molecule has 0 bridgehead atoms. The maximum Gasteiger partial charge on any atom is 0.158 e. The largest absolute Gasteiger partial charge is 0.492 e. The van der Waals surface area contributed by atoms with E-state index in [-0.39, 0.29) is 0 Å². The highest BCUT2D eigenvalue weighted by molar-refractivity contribution is 6.09. The van der Waals surface area contributed by atoms with E-state index in [9.17, 15) is 0 Å². The molecule has 0 radical (unpaired) electrons. The molecular formula is C27H28N4O2. The minimum Gasteiger partial charge on any atom is -0.492 e. The molecule has 0 saturated carbocycles. The summed E-state index contributed by atoms with van der Waals surface area (Å²) in [5.41, 5.74) is 3.45. The van der Waals surface area contributed by atoms with Gasteiger partial charge in [-0.2, -0.15) is 5.10 Å². The van der Waals surface area contributed by atoms with Crippen molar-refractivity contribution in [2.75, 3.05) is 26.2 Å². The average Bonchev–Trinajstić information content (AvgIpc) is 3.50. The lowest BCUT2D eigenvalue weighted by Gasteiger charge is -2.26. The molecule has 1 fully saturated rings. The van der Waals surface area contributed by atoms with Crippen LogP contribution >= 0.6 is 0 Å². The van der Waals surface area contributed by atoms with Crippen LogP contribution in [-0.2, 0) is 0 Å². The molecule has 1 aliphatic heterocycles. The standard InChI is InChI=1S/C27H28N4O2/c1-20(21-9-11-23(12-10-21)32-16-15-31-13-5-2-6-14-31)18-28-27-24(19-29-30-27)26-17-22-7-3-4-8-25(22)33-26/h3-4,7-12,17-19H,1-2,5-6,13-16H2,(H,29,30). The van der Waals surface area contributed by atoms with E-state index in [2.05, 4.69) is 26.7 Å². The second kappa shape index (κ2) is 9.88. The average molecular weight is 441 g/mol. The monoisotopic (exact) mass is 440 g/mol. The lowest BCUT2D eigenvalue weighted by atomic mass is 10.1. The van der Waals surface area contributed by atoms with Gasteiger partial charge in [-0.05, 0) is 61.3 Å². The summed E-state index contributed by atoms with van der Waals surface area (Å²) in [4.78, 5) is 7.05. The summed E-state index contributed by atoms with van der Waals surface area (Å²) in [6.45, 7) is 8.24. The smallest absolute Gasteiger partial charge is 0.158 e. The first-order valence-electron chi connectivity index (χ1n) is 11.5. The van der Waals surface area contributed by atoms with E-state index in [4.69, 9.17) is 9.15 Å². The van der Waals surface area contributed by atoms with Gasteiger partial charge in [-0.15, -0.1) is 0 Å². The van der Waals surface area contributed by atoms with Crippen molar-refractivity contribution in [1.82, 2.24) is 15.1 Å². The van der Waals surface area contributed by atoms with E-state index in [0.29, 0.717) is 12.4 Å². The van der Waals surface area contributed by atoms with Crippen molar-refractivity contribution in [2.24, 2.45) is 4.99 Å². The van der Waals surface area contributed by atoms with Gasteiger partial charge in [-0.3, -0.25) is 10.00 Å². The van der Waals surface area contributed by atoms with E-state index in [1.54, 1.807) is 12.4 Å². The Hall–Kier alpha value is -3.64. The molecule has 2 aromatic carbocycles. The van der Waals surface area contributed by atoms with E-state index in [1.807, 2.05) is 54.6 Å². The Bertz CT molecular complexity index is 1210. The fourth-order valence-corrected chi connectivity index (χ4v) is 4.13. The molecule has 0 spiro atoms. The Morgan fingerprint density at radius 1 is 1.12 bits per heavy atom. The number of para-hydroxylation sites is 1. The van der Waals surface area contributed by atoms with Crippen LogP contribution in [0.3, 0.4) is 0 Å². The van der Waals surface area contributed by atoms with Gasteiger partial charge >= 0.3 is 0 Å². The quantitative estimate of drug-likeness (QED) is 0.336. The summed E-state index contributed by atoms with van der Waals surface area (Å²) >= 11 is 0. The first-order chi connectivity index (χ1) is 16.3. The Balaban J connectivity index is 1.20. The minimum absolute atomic E-state index is 0.632. The van der Waals surface area contributed by atoms with Gasteiger partial charge in [0.15, 0.2) is 5.82 Å². The molecule has 3 heterocycles. The van der Waals surface area contributed by atoms with Crippen LogP contribution in [0.5, 0.6) is 5.75 Å². The first kappa shape index (κ1) is 21.2. The molecule has 0 unspecified atom stereocenters. The highest BCUT2D eigenvalue weighted by Crippen LogP contribution is 2.33. The maximum absolute atomic E-state index is 5.96. The van der Waals surface area contributed by atoms with Crippen molar-refractivity contribution in [2.45, 2.75) is 19.3 Å². The highest BCUT2D eigenvalue weighted by Gasteiger charge is 2.12. The van der Waals surface area contributed by atoms with Crippen LogP contribution in [0.25, 0.3) is 27.9 Å². The number of hydrogen-bond donors (Lipinski definition) is 1. The number of aliphatic imine (C=N–C) groups is 1. The molecule has 6 nitrogen and oxygen atoms in total. The van der Waals surface area contributed by atoms with Crippen LogP contribution < -0.4 is 4.74 Å². The number of ether oxygens (including phenoxy) is 1. The Kier molecular flexibility index (Phi) is 6.35. The fraction of sp³-hybridized carbons (Fsp3) is 0.259. The Labute approximate surface area is 193 Å². The van der Waals surface area contributed by atoms with Crippen molar-refractivity contribution in [3.05, 3.63) is 72.9 Å². The summed E-state index contributed by atoms with van der Waals surface area (Å²) in [6.07, 6.45) is 7.43. The predicted octanol–water partition coefficient (Wildman–Crippen LogP) is 6.10. The summed E-state index contributed by atoms with van der Waals surface area (Å²) in [5.74, 6) is 2.24. The first-order valence-corrected chi connectivity index (χ1v) is 11.5. The van der Waals surface area contributed by atoms with Gasteiger partial charge in [0, 0.05) is 18.1 Å². The van der Waals surface area contributed by atoms with Crippen LogP contribution in [0, 0.1) is 0 Å². The number of fused-ring (bicyclic) bond motifs is 1. The predicted molar refractivity (Wildman–Crippen MR) is 133 cm³/mol. The van der Waals surface area contributed by atoms with Gasteiger partial charge in [0.1, 0.15) is 23.7 Å². The zero-order valence-electron chi connectivity index (χ0n) is 18.7. The number of benzene rings is 2. The summed E-state index contributed by atoms with van der Waals surface area (Å²) < 4.78 is 11.9. The Morgan fingerprint density at radius 2 is 1.94 bits per heavy atom. The lowest BCUT2D eigenvalue weighted by molar-refractivity contribution is 0.183. The third-order valence-electron chi connectivity index (χ3n) is 6.01. The van der Waals surface area contributed by atoms with Gasteiger partial charge in [-0.1, -0.05) is 43.3 Å². The third kappa shape index (κ3) is 5.07. The van der Waals surface area contributed by atoms with E-state index in [0.717, 1.165) is 45.7 Å².